The highest BCUT2D eigenvalue weighted by Crippen LogP contribution is 2.28. The molecule has 1 aromatic rings. The first-order valence-corrected chi connectivity index (χ1v) is 10.9. The fourth-order valence-corrected chi connectivity index (χ4v) is 3.66. The Labute approximate surface area is 195 Å². The van der Waals surface area contributed by atoms with Crippen molar-refractivity contribution < 1.29 is 28.2 Å². The van der Waals surface area contributed by atoms with Gasteiger partial charge in [-0.05, 0) is 30.4 Å². The van der Waals surface area contributed by atoms with Gasteiger partial charge in [0.1, 0.15) is 11.9 Å². The lowest BCUT2D eigenvalue weighted by Gasteiger charge is -2.24. The zero-order chi connectivity index (χ0) is 24.0. The third kappa shape index (κ3) is 6.42. The summed E-state index contributed by atoms with van der Waals surface area (Å²) in [5, 5.41) is 4.45. The van der Waals surface area contributed by atoms with Gasteiger partial charge in [-0.3, -0.25) is 19.5 Å². The number of hydrazine groups is 1. The van der Waals surface area contributed by atoms with Crippen LogP contribution in [-0.2, 0) is 19.1 Å². The van der Waals surface area contributed by atoms with Crippen LogP contribution < -0.4 is 26.3 Å². The molecule has 2 saturated heterocycles. The minimum absolute atomic E-state index is 0.0189. The van der Waals surface area contributed by atoms with E-state index >= 15 is 0 Å². The second kappa shape index (κ2) is 11.1. The number of halogens is 1. The van der Waals surface area contributed by atoms with Crippen molar-refractivity contribution in [2.24, 2.45) is 5.73 Å². The number of carbonyl (C=O) groups excluding carboxylic acids is 3. The lowest BCUT2D eigenvalue weighted by molar-refractivity contribution is -0.135. The van der Waals surface area contributed by atoms with Crippen LogP contribution in [-0.4, -0.2) is 80.6 Å². The highest BCUT2D eigenvalue weighted by Gasteiger charge is 2.33. The quantitative estimate of drug-likeness (QED) is 0.463. The first-order valence-electron chi connectivity index (χ1n) is 10.4. The van der Waals surface area contributed by atoms with E-state index in [9.17, 15) is 18.8 Å². The van der Waals surface area contributed by atoms with Gasteiger partial charge in [0.15, 0.2) is 0 Å². The number of benzene rings is 1. The third-order valence-corrected chi connectivity index (χ3v) is 5.59. The van der Waals surface area contributed by atoms with Gasteiger partial charge in [-0.25, -0.2) is 14.6 Å². The molecule has 2 aliphatic heterocycles. The van der Waals surface area contributed by atoms with Crippen molar-refractivity contribution in [3.05, 3.63) is 24.0 Å². The summed E-state index contributed by atoms with van der Waals surface area (Å²) < 4.78 is 25.1. The van der Waals surface area contributed by atoms with Crippen molar-refractivity contribution >= 4 is 46.7 Å². The first kappa shape index (κ1) is 24.5. The number of hydrogen-bond donors (Lipinski definition) is 3. The van der Waals surface area contributed by atoms with Gasteiger partial charge in [-0.15, -0.1) is 0 Å². The summed E-state index contributed by atoms with van der Waals surface area (Å²) in [7, 11) is 1.44. The molecule has 4 N–H and O–H groups in total. The molecule has 0 unspecified atom stereocenters. The number of primary amides is 1. The summed E-state index contributed by atoms with van der Waals surface area (Å²) in [5.74, 6) is -1.27. The molecule has 3 rings (SSSR count). The summed E-state index contributed by atoms with van der Waals surface area (Å²) >= 11 is 4.90. The van der Waals surface area contributed by atoms with E-state index in [1.807, 2.05) is 4.90 Å². The van der Waals surface area contributed by atoms with Gasteiger partial charge in [-0.1, -0.05) is 0 Å². The Morgan fingerprint density at radius 2 is 2.12 bits per heavy atom. The van der Waals surface area contributed by atoms with E-state index in [2.05, 4.69) is 10.7 Å². The predicted molar refractivity (Wildman–Crippen MR) is 122 cm³/mol. The maximum absolute atomic E-state index is 15.0. The van der Waals surface area contributed by atoms with E-state index in [0.717, 1.165) is 0 Å². The molecular formula is C20H27FN6O5S. The number of carbonyl (C=O) groups is 3. The fourth-order valence-electron chi connectivity index (χ4n) is 3.58. The van der Waals surface area contributed by atoms with E-state index in [4.69, 9.17) is 27.4 Å². The number of nitrogens with two attached hydrogens (primary N) is 1. The van der Waals surface area contributed by atoms with Gasteiger partial charge in [0.2, 0.25) is 11.8 Å². The Morgan fingerprint density at radius 1 is 1.33 bits per heavy atom. The van der Waals surface area contributed by atoms with Crippen LogP contribution in [0.1, 0.15) is 12.8 Å². The monoisotopic (exact) mass is 482 g/mol. The normalized spacial score (nSPS) is 18.5. The van der Waals surface area contributed by atoms with Crippen LogP contribution in [0.2, 0.25) is 0 Å². The standard InChI is InChI=1S/C20H27FN6O5S/c1-31-19(33)23-11-14-12-26(20(30)32-14)13-2-3-16(15(21)10-13)25-7-6-24-27(9-8-25)18(29)5-4-17(22)28/h2-3,10,14,24H,4-9,11-12H2,1H3,(H2,22,28)(H,23,33)/t14-/m0/s1. The summed E-state index contributed by atoms with van der Waals surface area (Å²) in [5.41, 5.74) is 8.83. The maximum Gasteiger partial charge on any atom is 0.414 e. The zero-order valence-corrected chi connectivity index (χ0v) is 19.0. The van der Waals surface area contributed by atoms with Crippen LogP contribution in [0, 0.1) is 5.82 Å². The van der Waals surface area contributed by atoms with Crippen LogP contribution in [0.25, 0.3) is 0 Å². The molecule has 2 fully saturated rings. The molecule has 2 heterocycles. The van der Waals surface area contributed by atoms with Crippen molar-refractivity contribution in [3.63, 3.8) is 0 Å². The Hall–Kier alpha value is -3.19. The summed E-state index contributed by atoms with van der Waals surface area (Å²) in [6.07, 6.45) is -1.03. The van der Waals surface area contributed by atoms with Crippen LogP contribution in [0.3, 0.4) is 0 Å². The molecule has 0 radical (unpaired) electrons. The van der Waals surface area contributed by atoms with Crippen LogP contribution in [0.5, 0.6) is 0 Å². The highest BCUT2D eigenvalue weighted by atomic mass is 32.1. The molecule has 0 saturated carbocycles. The third-order valence-electron chi connectivity index (χ3n) is 5.28. The molecule has 1 atom stereocenters. The topological polar surface area (TPSA) is 129 Å². The Bertz CT molecular complexity index is 919. The van der Waals surface area contributed by atoms with E-state index in [1.54, 1.807) is 12.1 Å². The van der Waals surface area contributed by atoms with Crippen molar-refractivity contribution in [2.75, 3.05) is 56.2 Å². The number of nitrogens with zero attached hydrogens (tertiary/aromatic N) is 3. The number of thiocarbonyl (C=S) groups is 1. The second-order valence-electron chi connectivity index (χ2n) is 7.53. The summed E-state index contributed by atoms with van der Waals surface area (Å²) in [4.78, 5) is 38.5. The number of rotatable bonds is 7. The molecule has 13 heteroatoms. The lowest BCUT2D eigenvalue weighted by Crippen LogP contribution is -2.43. The smallest absolute Gasteiger partial charge is 0.414 e. The molecule has 0 bridgehead atoms. The van der Waals surface area contributed by atoms with Gasteiger partial charge >= 0.3 is 6.09 Å². The maximum atomic E-state index is 15.0. The molecule has 11 nitrogen and oxygen atoms in total. The summed E-state index contributed by atoms with van der Waals surface area (Å²) in [6, 6.07) is 4.55. The van der Waals surface area contributed by atoms with Gasteiger partial charge in [0, 0.05) is 32.5 Å². The molecule has 180 valence electrons. The van der Waals surface area contributed by atoms with Gasteiger partial charge in [-0.2, -0.15) is 0 Å². The van der Waals surface area contributed by atoms with E-state index in [0.29, 0.717) is 37.6 Å². The molecule has 33 heavy (non-hydrogen) atoms. The number of methoxy groups -OCH3 is 1. The number of nitrogens with one attached hydrogen (secondary N) is 2. The number of amides is 3. The average molecular weight is 483 g/mol. The van der Waals surface area contributed by atoms with E-state index in [-0.39, 0.29) is 37.0 Å². The SMILES string of the molecule is COC(=S)NC[C@H]1CN(c2ccc(N3CCNN(C(=O)CCC(N)=O)CC3)c(F)c2)C(=O)O1. The van der Waals surface area contributed by atoms with Crippen molar-refractivity contribution in [1.82, 2.24) is 15.8 Å². The van der Waals surface area contributed by atoms with Crippen LogP contribution in [0.15, 0.2) is 18.2 Å². The van der Waals surface area contributed by atoms with Gasteiger partial charge < -0.3 is 25.4 Å². The molecule has 0 spiro atoms. The Kier molecular flexibility index (Phi) is 8.22. The number of ether oxygens (including phenoxy) is 2. The second-order valence-corrected chi connectivity index (χ2v) is 7.90. The number of anilines is 2. The van der Waals surface area contributed by atoms with Crippen molar-refractivity contribution in [3.8, 4) is 0 Å². The van der Waals surface area contributed by atoms with Crippen LogP contribution in [0.4, 0.5) is 20.6 Å². The molecule has 0 aromatic heterocycles. The zero-order valence-electron chi connectivity index (χ0n) is 18.2. The number of hydrogen-bond acceptors (Lipinski definition) is 8. The van der Waals surface area contributed by atoms with Crippen molar-refractivity contribution in [2.45, 2.75) is 18.9 Å². The fraction of sp³-hybridized carbons (Fsp3) is 0.500. The molecule has 3 amide bonds. The minimum Gasteiger partial charge on any atom is -0.474 e. The summed E-state index contributed by atoms with van der Waals surface area (Å²) in [6.45, 7) is 2.12. The van der Waals surface area contributed by atoms with Gasteiger partial charge in [0.25, 0.3) is 5.17 Å². The minimum atomic E-state index is -0.568. The molecular weight excluding hydrogens is 455 g/mol. The van der Waals surface area contributed by atoms with E-state index < -0.39 is 23.9 Å². The number of cyclic esters (lactones) is 1. The molecule has 0 aliphatic carbocycles. The average Bonchev–Trinajstić information content (AvgIpc) is 3.00. The molecule has 2 aliphatic rings. The molecule has 1 aromatic carbocycles. The predicted octanol–water partition coefficient (Wildman–Crippen LogP) is 0.0905. The lowest BCUT2D eigenvalue weighted by atomic mass is 10.2. The highest BCUT2D eigenvalue weighted by molar-refractivity contribution is 7.80. The van der Waals surface area contributed by atoms with Crippen molar-refractivity contribution in [1.29, 1.82) is 0 Å². The first-order chi connectivity index (χ1) is 15.8. The largest absolute Gasteiger partial charge is 0.474 e. The van der Waals surface area contributed by atoms with Gasteiger partial charge in [0.05, 0.1) is 38.1 Å². The van der Waals surface area contributed by atoms with Crippen LogP contribution >= 0.6 is 12.2 Å². The Morgan fingerprint density at radius 3 is 2.82 bits per heavy atom. The van der Waals surface area contributed by atoms with E-state index in [1.165, 1.54) is 23.1 Å². The Balaban J connectivity index is 1.60.